The minimum Gasteiger partial charge on any atom is -0.381 e. The fourth-order valence-corrected chi connectivity index (χ4v) is 4.38. The monoisotopic (exact) mass is 384 g/mol. The van der Waals surface area contributed by atoms with Gasteiger partial charge in [-0.25, -0.2) is 4.98 Å². The van der Waals surface area contributed by atoms with E-state index in [9.17, 15) is 4.79 Å². The quantitative estimate of drug-likeness (QED) is 0.877. The molecule has 1 amide bonds. The molecule has 6 nitrogen and oxygen atoms in total. The molecule has 1 atom stereocenters. The molecule has 0 aromatic carbocycles. The lowest BCUT2D eigenvalue weighted by Gasteiger charge is -2.36. The molecule has 0 spiro atoms. The minimum absolute atomic E-state index is 0.0627. The van der Waals surface area contributed by atoms with Crippen LogP contribution >= 0.6 is 0 Å². The second-order valence-electron chi connectivity index (χ2n) is 9.16. The molecule has 2 aliphatic heterocycles. The van der Waals surface area contributed by atoms with Crippen LogP contribution in [0.15, 0.2) is 24.4 Å². The smallest absolute Gasteiger partial charge is 0.225 e. The molecular weight excluding hydrogens is 352 g/mol. The highest BCUT2D eigenvalue weighted by atomic mass is 16.5. The number of hydrogen-bond acceptors (Lipinski definition) is 4. The molecule has 0 radical (unpaired) electrons. The number of anilines is 1. The molecule has 2 saturated heterocycles. The van der Waals surface area contributed by atoms with Gasteiger partial charge in [-0.15, -0.1) is 0 Å². The van der Waals surface area contributed by atoms with Crippen LogP contribution in [-0.4, -0.2) is 52.0 Å². The highest BCUT2D eigenvalue weighted by Crippen LogP contribution is 2.34. The van der Waals surface area contributed by atoms with Gasteiger partial charge in [0, 0.05) is 49.9 Å². The first-order chi connectivity index (χ1) is 13.4. The van der Waals surface area contributed by atoms with Crippen LogP contribution in [0.1, 0.15) is 58.1 Å². The number of amides is 1. The van der Waals surface area contributed by atoms with E-state index >= 15 is 0 Å². The Hall–Kier alpha value is -2.08. The molecule has 4 heterocycles. The number of pyridine rings is 1. The van der Waals surface area contributed by atoms with E-state index in [0.717, 1.165) is 55.9 Å². The van der Waals surface area contributed by atoms with Crippen LogP contribution in [0.3, 0.4) is 0 Å². The van der Waals surface area contributed by atoms with Crippen LogP contribution in [0.5, 0.6) is 0 Å². The lowest BCUT2D eigenvalue weighted by molar-refractivity contribution is -0.139. The molecular formula is C22H32N4O2. The zero-order valence-electron chi connectivity index (χ0n) is 17.3. The SMILES string of the molecule is CC(C)(C)Nc1c([C@@H]2CCCN(C(=O)C3CCOCC3)C2)nc2ccccn12. The summed E-state index contributed by atoms with van der Waals surface area (Å²) < 4.78 is 7.57. The molecule has 2 aromatic rings. The van der Waals surface area contributed by atoms with Crippen LogP contribution in [0.25, 0.3) is 5.65 Å². The second-order valence-corrected chi connectivity index (χ2v) is 9.16. The third-order valence-corrected chi connectivity index (χ3v) is 5.74. The van der Waals surface area contributed by atoms with Crippen molar-refractivity contribution < 1.29 is 9.53 Å². The topological polar surface area (TPSA) is 58.9 Å². The van der Waals surface area contributed by atoms with Gasteiger partial charge in [0.2, 0.25) is 5.91 Å². The maximum absolute atomic E-state index is 13.0. The number of aromatic nitrogens is 2. The predicted octanol–water partition coefficient (Wildman–Crippen LogP) is 3.68. The number of nitrogens with zero attached hydrogens (tertiary/aromatic N) is 3. The van der Waals surface area contributed by atoms with Crippen molar-refractivity contribution in [2.75, 3.05) is 31.6 Å². The van der Waals surface area contributed by atoms with Gasteiger partial charge in [0.15, 0.2) is 0 Å². The average molecular weight is 385 g/mol. The molecule has 2 fully saturated rings. The van der Waals surface area contributed by atoms with Crippen molar-refractivity contribution in [3.05, 3.63) is 30.1 Å². The number of hydrogen-bond donors (Lipinski definition) is 1. The van der Waals surface area contributed by atoms with Gasteiger partial charge in [-0.1, -0.05) is 6.07 Å². The van der Waals surface area contributed by atoms with Gasteiger partial charge in [0.05, 0.1) is 5.69 Å². The number of imidazole rings is 1. The molecule has 0 unspecified atom stereocenters. The molecule has 4 rings (SSSR count). The molecule has 0 aliphatic carbocycles. The molecule has 1 N–H and O–H groups in total. The Morgan fingerprint density at radius 1 is 1.21 bits per heavy atom. The highest BCUT2D eigenvalue weighted by molar-refractivity contribution is 5.79. The molecule has 0 bridgehead atoms. The molecule has 0 saturated carbocycles. The molecule has 152 valence electrons. The summed E-state index contributed by atoms with van der Waals surface area (Å²) in [6.45, 7) is 9.55. The maximum Gasteiger partial charge on any atom is 0.225 e. The minimum atomic E-state index is -0.0627. The van der Waals surface area contributed by atoms with E-state index < -0.39 is 0 Å². The summed E-state index contributed by atoms with van der Waals surface area (Å²) in [4.78, 5) is 20.1. The van der Waals surface area contributed by atoms with Gasteiger partial charge >= 0.3 is 0 Å². The average Bonchev–Trinajstić information content (AvgIpc) is 3.05. The normalized spacial score (nSPS) is 21.8. The van der Waals surface area contributed by atoms with Crippen molar-refractivity contribution in [1.29, 1.82) is 0 Å². The van der Waals surface area contributed by atoms with Crippen molar-refractivity contribution in [3.8, 4) is 0 Å². The Bertz CT molecular complexity index is 833. The largest absolute Gasteiger partial charge is 0.381 e. The first-order valence-electron chi connectivity index (χ1n) is 10.5. The summed E-state index contributed by atoms with van der Waals surface area (Å²) in [5, 5.41) is 3.66. The van der Waals surface area contributed by atoms with Gasteiger partial charge in [-0.05, 0) is 58.6 Å². The number of carbonyl (C=O) groups excluding carboxylic acids is 1. The lowest BCUT2D eigenvalue weighted by atomic mass is 9.91. The van der Waals surface area contributed by atoms with E-state index in [1.165, 1.54) is 0 Å². The summed E-state index contributed by atoms with van der Waals surface area (Å²) in [5.41, 5.74) is 1.98. The van der Waals surface area contributed by atoms with Crippen molar-refractivity contribution in [3.63, 3.8) is 0 Å². The Morgan fingerprint density at radius 2 is 2.00 bits per heavy atom. The highest BCUT2D eigenvalue weighted by Gasteiger charge is 2.33. The summed E-state index contributed by atoms with van der Waals surface area (Å²) in [6.07, 6.45) is 5.87. The van der Waals surface area contributed by atoms with Crippen LogP contribution < -0.4 is 5.32 Å². The van der Waals surface area contributed by atoms with Gasteiger partial charge in [0.25, 0.3) is 0 Å². The fraction of sp³-hybridized carbons (Fsp3) is 0.636. The van der Waals surface area contributed by atoms with Crippen molar-refractivity contribution in [2.24, 2.45) is 5.92 Å². The van der Waals surface area contributed by atoms with Crippen LogP contribution in [0.2, 0.25) is 0 Å². The number of carbonyl (C=O) groups is 1. The van der Waals surface area contributed by atoms with Crippen LogP contribution in [0, 0.1) is 5.92 Å². The zero-order valence-corrected chi connectivity index (χ0v) is 17.3. The van der Waals surface area contributed by atoms with E-state index in [-0.39, 0.29) is 17.4 Å². The number of ether oxygens (including phenoxy) is 1. The van der Waals surface area contributed by atoms with E-state index in [0.29, 0.717) is 19.1 Å². The number of piperidine rings is 1. The van der Waals surface area contributed by atoms with Crippen LogP contribution in [-0.2, 0) is 9.53 Å². The van der Waals surface area contributed by atoms with Gasteiger partial charge in [-0.2, -0.15) is 0 Å². The van der Waals surface area contributed by atoms with Gasteiger partial charge in [0.1, 0.15) is 11.5 Å². The molecule has 2 aromatic heterocycles. The van der Waals surface area contributed by atoms with Crippen molar-refractivity contribution >= 4 is 17.4 Å². The summed E-state index contributed by atoms with van der Waals surface area (Å²) >= 11 is 0. The van der Waals surface area contributed by atoms with Crippen LogP contribution in [0.4, 0.5) is 5.82 Å². The number of rotatable bonds is 3. The van der Waals surface area contributed by atoms with E-state index in [2.05, 4.69) is 41.6 Å². The molecule has 2 aliphatic rings. The van der Waals surface area contributed by atoms with Gasteiger partial charge < -0.3 is 15.0 Å². The summed E-state index contributed by atoms with van der Waals surface area (Å²) in [5.74, 6) is 1.76. The Labute approximate surface area is 167 Å². The third-order valence-electron chi connectivity index (χ3n) is 5.74. The van der Waals surface area contributed by atoms with Gasteiger partial charge in [-0.3, -0.25) is 9.20 Å². The van der Waals surface area contributed by atoms with E-state index in [4.69, 9.17) is 9.72 Å². The Balaban J connectivity index is 1.60. The first-order valence-corrected chi connectivity index (χ1v) is 10.5. The lowest BCUT2D eigenvalue weighted by Crippen LogP contribution is -2.44. The number of likely N-dealkylation sites (tertiary alicyclic amines) is 1. The van der Waals surface area contributed by atoms with Crippen molar-refractivity contribution in [1.82, 2.24) is 14.3 Å². The van der Waals surface area contributed by atoms with E-state index in [1.54, 1.807) is 0 Å². The predicted molar refractivity (Wildman–Crippen MR) is 111 cm³/mol. The Morgan fingerprint density at radius 3 is 2.75 bits per heavy atom. The third kappa shape index (κ3) is 4.02. The summed E-state index contributed by atoms with van der Waals surface area (Å²) in [6, 6.07) is 6.11. The molecule has 6 heteroatoms. The second kappa shape index (κ2) is 7.74. The molecule has 28 heavy (non-hydrogen) atoms. The fourth-order valence-electron chi connectivity index (χ4n) is 4.38. The maximum atomic E-state index is 13.0. The summed E-state index contributed by atoms with van der Waals surface area (Å²) in [7, 11) is 0. The van der Waals surface area contributed by atoms with Crippen molar-refractivity contribution in [2.45, 2.75) is 57.9 Å². The zero-order chi connectivity index (χ0) is 19.7. The number of nitrogens with one attached hydrogen (secondary N) is 1. The van der Waals surface area contributed by atoms with E-state index in [1.807, 2.05) is 18.2 Å². The Kier molecular flexibility index (Phi) is 5.32. The number of fused-ring (bicyclic) bond motifs is 1. The standard InChI is InChI=1S/C22H32N4O2/c1-22(2,3)24-20-19(23-18-8-4-5-12-26(18)20)17-7-6-11-25(15-17)21(27)16-9-13-28-14-10-16/h4-5,8,12,16-17,24H,6-7,9-11,13-15H2,1-3H3/t17-/m1/s1. The first kappa shape index (κ1) is 19.2.